The summed E-state index contributed by atoms with van der Waals surface area (Å²) in [6, 6.07) is 0. The van der Waals surface area contributed by atoms with Crippen LogP contribution in [0.1, 0.15) is 32.6 Å². The van der Waals surface area contributed by atoms with Crippen LogP contribution in [0.25, 0.3) is 0 Å². The van der Waals surface area contributed by atoms with Gasteiger partial charge in [-0.3, -0.25) is 4.79 Å². The lowest BCUT2D eigenvalue weighted by atomic mass is 10.1. The summed E-state index contributed by atoms with van der Waals surface area (Å²) in [6.07, 6.45) is 1.80. The number of aliphatic carboxylic acids is 1. The van der Waals surface area contributed by atoms with Crippen LogP contribution < -0.4 is 5.32 Å². The minimum absolute atomic E-state index is 0.125. The zero-order valence-corrected chi connectivity index (χ0v) is 11.3. The van der Waals surface area contributed by atoms with Crippen molar-refractivity contribution in [2.45, 2.75) is 49.6 Å². The monoisotopic (exact) mass is 273 g/mol. The largest absolute Gasteiger partial charge is 0.479 e. The van der Waals surface area contributed by atoms with Crippen LogP contribution in [0.5, 0.6) is 0 Å². The molecule has 6 heteroatoms. The first-order valence-electron chi connectivity index (χ1n) is 6.30. The summed E-state index contributed by atoms with van der Waals surface area (Å²) in [5.74, 6) is -0.0102. The van der Waals surface area contributed by atoms with Gasteiger partial charge in [-0.2, -0.15) is 11.8 Å². The summed E-state index contributed by atoms with van der Waals surface area (Å²) in [7, 11) is 0. The highest BCUT2D eigenvalue weighted by Gasteiger charge is 2.36. The predicted octanol–water partition coefficient (Wildman–Crippen LogP) is 1.02. The van der Waals surface area contributed by atoms with Crippen molar-refractivity contribution in [3.05, 3.63) is 0 Å². The fraction of sp³-hybridized carbons (Fsp3) is 0.833. The summed E-state index contributed by atoms with van der Waals surface area (Å²) in [4.78, 5) is 22.6. The third kappa shape index (κ3) is 3.17. The average molecular weight is 273 g/mol. The van der Waals surface area contributed by atoms with E-state index in [4.69, 9.17) is 9.84 Å². The Morgan fingerprint density at radius 1 is 1.44 bits per heavy atom. The van der Waals surface area contributed by atoms with Gasteiger partial charge in [0, 0.05) is 11.3 Å². The van der Waals surface area contributed by atoms with Gasteiger partial charge in [0.05, 0.1) is 0 Å². The average Bonchev–Trinajstić information content (AvgIpc) is 2.95. The van der Waals surface area contributed by atoms with E-state index < -0.39 is 18.2 Å². The minimum Gasteiger partial charge on any atom is -0.479 e. The molecule has 0 bridgehead atoms. The van der Waals surface area contributed by atoms with Gasteiger partial charge >= 0.3 is 5.97 Å². The van der Waals surface area contributed by atoms with Gasteiger partial charge in [-0.05, 0) is 38.4 Å². The number of thioether (sulfide) groups is 1. The molecule has 0 aromatic carbocycles. The molecule has 5 nitrogen and oxygen atoms in total. The van der Waals surface area contributed by atoms with Gasteiger partial charge in [-0.25, -0.2) is 4.79 Å². The first-order chi connectivity index (χ1) is 8.50. The fourth-order valence-corrected chi connectivity index (χ4v) is 3.62. The van der Waals surface area contributed by atoms with Crippen LogP contribution in [0.2, 0.25) is 0 Å². The predicted molar refractivity (Wildman–Crippen MR) is 68.6 cm³/mol. The van der Waals surface area contributed by atoms with Crippen LogP contribution in [0, 0.1) is 0 Å². The maximum absolute atomic E-state index is 11.9. The van der Waals surface area contributed by atoms with Crippen molar-refractivity contribution in [1.82, 2.24) is 5.32 Å². The molecule has 2 aliphatic rings. The van der Waals surface area contributed by atoms with E-state index in [0.29, 0.717) is 19.4 Å². The Kier molecular flexibility index (Phi) is 4.17. The summed E-state index contributed by atoms with van der Waals surface area (Å²) in [5, 5.41) is 11.7. The number of nitrogens with one attached hydrogen (secondary N) is 1. The van der Waals surface area contributed by atoms with Crippen molar-refractivity contribution in [2.75, 3.05) is 12.3 Å². The first-order valence-corrected chi connectivity index (χ1v) is 7.29. The molecule has 0 radical (unpaired) electrons. The Labute approximate surface area is 111 Å². The van der Waals surface area contributed by atoms with Crippen LogP contribution in [-0.4, -0.2) is 46.2 Å². The van der Waals surface area contributed by atoms with Gasteiger partial charge in [0.1, 0.15) is 6.10 Å². The maximum atomic E-state index is 11.9. The normalized spacial score (nSPS) is 35.6. The summed E-state index contributed by atoms with van der Waals surface area (Å²) in [6.45, 7) is 2.79. The molecule has 0 saturated carbocycles. The van der Waals surface area contributed by atoms with Crippen molar-refractivity contribution >= 4 is 23.6 Å². The third-order valence-corrected chi connectivity index (χ3v) is 5.06. The van der Waals surface area contributed by atoms with E-state index in [2.05, 4.69) is 12.2 Å². The van der Waals surface area contributed by atoms with Crippen molar-refractivity contribution < 1.29 is 19.4 Å². The van der Waals surface area contributed by atoms with E-state index in [1.807, 2.05) is 11.8 Å². The Balaban J connectivity index is 1.77. The molecule has 2 rings (SSSR count). The van der Waals surface area contributed by atoms with E-state index >= 15 is 0 Å². The van der Waals surface area contributed by atoms with Crippen LogP contribution in [0.4, 0.5) is 0 Å². The second-order valence-corrected chi connectivity index (χ2v) is 6.83. The van der Waals surface area contributed by atoms with E-state index in [0.717, 1.165) is 12.2 Å². The number of carbonyl (C=O) groups is 2. The molecule has 2 fully saturated rings. The molecule has 0 spiro atoms. The van der Waals surface area contributed by atoms with Crippen molar-refractivity contribution in [2.24, 2.45) is 0 Å². The topological polar surface area (TPSA) is 75.6 Å². The van der Waals surface area contributed by atoms with Crippen LogP contribution >= 0.6 is 11.8 Å². The van der Waals surface area contributed by atoms with E-state index in [1.54, 1.807) is 0 Å². The molecule has 18 heavy (non-hydrogen) atoms. The van der Waals surface area contributed by atoms with E-state index in [1.165, 1.54) is 6.42 Å². The lowest BCUT2D eigenvalue weighted by molar-refractivity contribution is -0.151. The van der Waals surface area contributed by atoms with Crippen molar-refractivity contribution in [1.29, 1.82) is 0 Å². The molecule has 1 unspecified atom stereocenters. The number of rotatable bonds is 4. The molecule has 1 amide bonds. The number of carboxylic acids is 1. The second-order valence-electron chi connectivity index (χ2n) is 5.15. The molecule has 102 valence electrons. The van der Waals surface area contributed by atoms with E-state index in [9.17, 15) is 9.59 Å². The maximum Gasteiger partial charge on any atom is 0.332 e. The van der Waals surface area contributed by atoms with Crippen molar-refractivity contribution in [3.63, 3.8) is 0 Å². The number of amides is 1. The highest BCUT2D eigenvalue weighted by molar-refractivity contribution is 8.00. The third-order valence-electron chi connectivity index (χ3n) is 3.52. The van der Waals surface area contributed by atoms with Gasteiger partial charge in [-0.15, -0.1) is 0 Å². The van der Waals surface area contributed by atoms with Gasteiger partial charge in [0.15, 0.2) is 6.10 Å². The highest BCUT2D eigenvalue weighted by atomic mass is 32.2. The Morgan fingerprint density at radius 3 is 2.72 bits per heavy atom. The lowest BCUT2D eigenvalue weighted by Gasteiger charge is -2.23. The SMILES string of the molecule is CC1(CNC(=O)[C@@H]2CC[C@H](C(=O)O)O2)CCCS1. The molecule has 2 saturated heterocycles. The Morgan fingerprint density at radius 2 is 2.17 bits per heavy atom. The lowest BCUT2D eigenvalue weighted by Crippen LogP contribution is -2.42. The fourth-order valence-electron chi connectivity index (χ4n) is 2.38. The first kappa shape index (κ1) is 13.7. The van der Waals surface area contributed by atoms with Crippen LogP contribution in [0.3, 0.4) is 0 Å². The smallest absolute Gasteiger partial charge is 0.332 e. The minimum atomic E-state index is -0.983. The summed E-state index contributed by atoms with van der Waals surface area (Å²) >= 11 is 1.88. The number of hydrogen-bond acceptors (Lipinski definition) is 4. The number of ether oxygens (including phenoxy) is 1. The van der Waals surface area contributed by atoms with Crippen LogP contribution in [-0.2, 0) is 14.3 Å². The van der Waals surface area contributed by atoms with Gasteiger partial charge < -0.3 is 15.2 Å². The Bertz CT molecular complexity index is 341. The highest BCUT2D eigenvalue weighted by Crippen LogP contribution is 2.37. The molecule has 2 aliphatic heterocycles. The van der Waals surface area contributed by atoms with Gasteiger partial charge in [0.2, 0.25) is 5.91 Å². The quantitative estimate of drug-likeness (QED) is 0.800. The molecule has 0 aromatic heterocycles. The molecular formula is C12H19NO4S. The number of hydrogen-bond donors (Lipinski definition) is 2. The van der Waals surface area contributed by atoms with Crippen molar-refractivity contribution in [3.8, 4) is 0 Å². The summed E-state index contributed by atoms with van der Waals surface area (Å²) in [5.41, 5.74) is 0. The van der Waals surface area contributed by atoms with Crippen LogP contribution in [0.15, 0.2) is 0 Å². The zero-order chi connectivity index (χ0) is 13.2. The molecule has 0 aromatic rings. The number of carboxylic acid groups (broad SMARTS) is 1. The molecule has 2 heterocycles. The zero-order valence-electron chi connectivity index (χ0n) is 10.5. The number of carbonyl (C=O) groups excluding carboxylic acids is 1. The molecular weight excluding hydrogens is 254 g/mol. The van der Waals surface area contributed by atoms with Gasteiger partial charge in [0.25, 0.3) is 0 Å². The molecule has 3 atom stereocenters. The summed E-state index contributed by atoms with van der Waals surface area (Å²) < 4.78 is 5.34. The standard InChI is InChI=1S/C12H19NO4S/c1-12(5-2-6-18-12)7-13-10(14)8-3-4-9(17-8)11(15)16/h8-9H,2-7H2,1H3,(H,13,14)(H,15,16)/t8-,9+,12?/m0/s1. The molecule has 2 N–H and O–H groups in total. The second kappa shape index (κ2) is 5.48. The Hall–Kier alpha value is -0.750. The molecule has 0 aliphatic carbocycles. The van der Waals surface area contributed by atoms with Gasteiger partial charge in [-0.1, -0.05) is 0 Å². The van der Waals surface area contributed by atoms with E-state index in [-0.39, 0.29) is 10.7 Å².